The fourth-order valence-corrected chi connectivity index (χ4v) is 4.36. The summed E-state index contributed by atoms with van der Waals surface area (Å²) in [5.74, 6) is -0.137. The van der Waals surface area contributed by atoms with Crippen molar-refractivity contribution in [1.29, 1.82) is 0 Å². The SMILES string of the molecule is CC1CCCCC1NCc1c(C(=O)O)sc2ccccc12. The fourth-order valence-electron chi connectivity index (χ4n) is 3.30. The Morgan fingerprint density at radius 3 is 2.86 bits per heavy atom. The van der Waals surface area contributed by atoms with Gasteiger partial charge in [-0.1, -0.05) is 38.0 Å². The van der Waals surface area contributed by atoms with Gasteiger partial charge in [-0.25, -0.2) is 4.79 Å². The lowest BCUT2D eigenvalue weighted by Crippen LogP contribution is -2.36. The lowest BCUT2D eigenvalue weighted by atomic mass is 9.86. The molecule has 0 bridgehead atoms. The number of carbonyl (C=O) groups is 1. The summed E-state index contributed by atoms with van der Waals surface area (Å²) in [6, 6.07) is 8.48. The summed E-state index contributed by atoms with van der Waals surface area (Å²) < 4.78 is 1.06. The number of rotatable bonds is 4. The summed E-state index contributed by atoms with van der Waals surface area (Å²) >= 11 is 1.38. The second-order valence-electron chi connectivity index (χ2n) is 5.96. The average molecular weight is 303 g/mol. The molecule has 2 aromatic rings. The van der Waals surface area contributed by atoms with Crippen molar-refractivity contribution in [3.63, 3.8) is 0 Å². The second-order valence-corrected chi connectivity index (χ2v) is 7.01. The van der Waals surface area contributed by atoms with E-state index in [0.717, 1.165) is 15.6 Å². The van der Waals surface area contributed by atoms with E-state index in [-0.39, 0.29) is 0 Å². The number of thiophene rings is 1. The predicted molar refractivity (Wildman–Crippen MR) is 87.0 cm³/mol. The predicted octanol–water partition coefficient (Wildman–Crippen LogP) is 4.27. The first-order valence-corrected chi connectivity index (χ1v) is 8.45. The Hall–Kier alpha value is -1.39. The van der Waals surface area contributed by atoms with Crippen LogP contribution in [0.4, 0.5) is 0 Å². The highest BCUT2D eigenvalue weighted by Gasteiger charge is 2.23. The zero-order valence-corrected chi connectivity index (χ0v) is 13.1. The number of fused-ring (bicyclic) bond motifs is 1. The maximum Gasteiger partial charge on any atom is 0.346 e. The van der Waals surface area contributed by atoms with Crippen LogP contribution in [0.25, 0.3) is 10.1 Å². The molecule has 3 nitrogen and oxygen atoms in total. The Kier molecular flexibility index (Phi) is 4.27. The van der Waals surface area contributed by atoms with E-state index in [1.807, 2.05) is 24.3 Å². The highest BCUT2D eigenvalue weighted by molar-refractivity contribution is 7.21. The Balaban J connectivity index is 1.85. The first-order chi connectivity index (χ1) is 10.2. The van der Waals surface area contributed by atoms with E-state index in [2.05, 4.69) is 12.2 Å². The zero-order chi connectivity index (χ0) is 14.8. The molecule has 2 unspecified atom stereocenters. The van der Waals surface area contributed by atoms with Crippen LogP contribution in [0.2, 0.25) is 0 Å². The summed E-state index contributed by atoms with van der Waals surface area (Å²) in [6.45, 7) is 2.95. The summed E-state index contributed by atoms with van der Waals surface area (Å²) in [4.78, 5) is 12.0. The van der Waals surface area contributed by atoms with Crippen LogP contribution in [-0.4, -0.2) is 17.1 Å². The number of hydrogen-bond acceptors (Lipinski definition) is 3. The van der Waals surface area contributed by atoms with Crippen LogP contribution in [0, 0.1) is 5.92 Å². The number of carboxylic acids is 1. The minimum atomic E-state index is -0.815. The summed E-state index contributed by atoms with van der Waals surface area (Å²) in [6.07, 6.45) is 5.07. The molecular formula is C17H21NO2S. The standard InChI is InChI=1S/C17H21NO2S/c1-11-6-2-4-8-14(11)18-10-13-12-7-3-5-9-15(12)21-16(13)17(19)20/h3,5,7,9,11,14,18H,2,4,6,8,10H2,1H3,(H,19,20). The quantitative estimate of drug-likeness (QED) is 0.887. The van der Waals surface area contributed by atoms with Crippen molar-refractivity contribution in [2.75, 3.05) is 0 Å². The molecule has 2 N–H and O–H groups in total. The molecule has 0 amide bonds. The van der Waals surface area contributed by atoms with Gasteiger partial charge in [-0.15, -0.1) is 11.3 Å². The highest BCUT2D eigenvalue weighted by Crippen LogP contribution is 2.32. The van der Waals surface area contributed by atoms with Crippen molar-refractivity contribution in [2.45, 2.75) is 45.2 Å². The van der Waals surface area contributed by atoms with Crippen LogP contribution in [0.15, 0.2) is 24.3 Å². The van der Waals surface area contributed by atoms with E-state index in [0.29, 0.717) is 23.4 Å². The van der Waals surface area contributed by atoms with Gasteiger partial charge in [-0.3, -0.25) is 0 Å². The number of hydrogen-bond donors (Lipinski definition) is 2. The summed E-state index contributed by atoms with van der Waals surface area (Å²) in [7, 11) is 0. The van der Waals surface area contributed by atoms with Gasteiger partial charge in [0.2, 0.25) is 0 Å². The number of nitrogens with one attached hydrogen (secondary N) is 1. The molecule has 1 aliphatic carbocycles. The topological polar surface area (TPSA) is 49.3 Å². The lowest BCUT2D eigenvalue weighted by Gasteiger charge is -2.29. The molecule has 1 aromatic carbocycles. The molecule has 3 rings (SSSR count). The largest absolute Gasteiger partial charge is 0.477 e. The Morgan fingerprint density at radius 1 is 1.33 bits per heavy atom. The molecule has 1 saturated carbocycles. The van der Waals surface area contributed by atoms with Gasteiger partial charge in [-0.05, 0) is 35.8 Å². The third kappa shape index (κ3) is 2.97. The van der Waals surface area contributed by atoms with Gasteiger partial charge >= 0.3 is 5.97 Å². The lowest BCUT2D eigenvalue weighted by molar-refractivity contribution is 0.0701. The molecule has 112 valence electrons. The van der Waals surface area contributed by atoms with Crippen molar-refractivity contribution in [1.82, 2.24) is 5.32 Å². The minimum Gasteiger partial charge on any atom is -0.477 e. The van der Waals surface area contributed by atoms with Crippen LogP contribution in [0.3, 0.4) is 0 Å². The zero-order valence-electron chi connectivity index (χ0n) is 12.3. The van der Waals surface area contributed by atoms with Gasteiger partial charge in [0, 0.05) is 17.3 Å². The summed E-state index contributed by atoms with van der Waals surface area (Å²) in [5.41, 5.74) is 0.945. The van der Waals surface area contributed by atoms with E-state index in [1.165, 1.54) is 37.0 Å². The van der Waals surface area contributed by atoms with Gasteiger partial charge in [-0.2, -0.15) is 0 Å². The maximum absolute atomic E-state index is 11.5. The van der Waals surface area contributed by atoms with E-state index in [9.17, 15) is 9.90 Å². The van der Waals surface area contributed by atoms with Gasteiger partial charge in [0.1, 0.15) is 4.88 Å². The molecule has 1 fully saturated rings. The Morgan fingerprint density at radius 2 is 2.10 bits per heavy atom. The molecule has 21 heavy (non-hydrogen) atoms. The molecule has 2 atom stereocenters. The number of benzene rings is 1. The molecule has 1 aliphatic rings. The fraction of sp³-hybridized carbons (Fsp3) is 0.471. The van der Waals surface area contributed by atoms with Gasteiger partial charge in [0.15, 0.2) is 0 Å². The maximum atomic E-state index is 11.5. The van der Waals surface area contributed by atoms with Crippen LogP contribution in [-0.2, 0) is 6.54 Å². The first kappa shape index (κ1) is 14.5. The monoisotopic (exact) mass is 303 g/mol. The van der Waals surface area contributed by atoms with E-state index < -0.39 is 5.97 Å². The smallest absolute Gasteiger partial charge is 0.346 e. The van der Waals surface area contributed by atoms with Crippen molar-refractivity contribution in [2.24, 2.45) is 5.92 Å². The molecule has 4 heteroatoms. The van der Waals surface area contributed by atoms with Crippen molar-refractivity contribution in [3.8, 4) is 0 Å². The minimum absolute atomic E-state index is 0.479. The second kappa shape index (κ2) is 6.16. The van der Waals surface area contributed by atoms with Crippen LogP contribution in [0.5, 0.6) is 0 Å². The highest BCUT2D eigenvalue weighted by atomic mass is 32.1. The number of aromatic carboxylic acids is 1. The third-order valence-electron chi connectivity index (χ3n) is 4.55. The first-order valence-electron chi connectivity index (χ1n) is 7.64. The molecule has 1 aromatic heterocycles. The Bertz CT molecular complexity index is 649. The molecule has 0 aliphatic heterocycles. The van der Waals surface area contributed by atoms with E-state index >= 15 is 0 Å². The van der Waals surface area contributed by atoms with Crippen LogP contribution in [0.1, 0.15) is 47.8 Å². The normalized spacial score (nSPS) is 22.5. The van der Waals surface area contributed by atoms with Crippen LogP contribution >= 0.6 is 11.3 Å². The van der Waals surface area contributed by atoms with Gasteiger partial charge in [0.25, 0.3) is 0 Å². The van der Waals surface area contributed by atoms with E-state index in [4.69, 9.17) is 0 Å². The molecule has 0 spiro atoms. The summed E-state index contributed by atoms with van der Waals surface area (Å²) in [5, 5.41) is 14.1. The molecule has 1 heterocycles. The molecule has 0 saturated heterocycles. The molecular weight excluding hydrogens is 282 g/mol. The van der Waals surface area contributed by atoms with Crippen LogP contribution < -0.4 is 5.32 Å². The van der Waals surface area contributed by atoms with E-state index in [1.54, 1.807) is 0 Å². The molecule has 0 radical (unpaired) electrons. The van der Waals surface area contributed by atoms with Crippen molar-refractivity contribution >= 4 is 27.4 Å². The van der Waals surface area contributed by atoms with Gasteiger partial charge < -0.3 is 10.4 Å². The van der Waals surface area contributed by atoms with Gasteiger partial charge in [0.05, 0.1) is 0 Å². The Labute approximate surface area is 129 Å². The van der Waals surface area contributed by atoms with Crippen molar-refractivity contribution in [3.05, 3.63) is 34.7 Å². The number of carboxylic acid groups (broad SMARTS) is 1. The van der Waals surface area contributed by atoms with Crippen molar-refractivity contribution < 1.29 is 9.90 Å². The average Bonchev–Trinajstić information content (AvgIpc) is 2.85. The third-order valence-corrected chi connectivity index (χ3v) is 5.75.